The van der Waals surface area contributed by atoms with Crippen LogP contribution in [0.15, 0.2) is 0 Å². The van der Waals surface area contributed by atoms with Crippen LogP contribution in [0.2, 0.25) is 0 Å². The van der Waals surface area contributed by atoms with Crippen molar-refractivity contribution < 1.29 is 19.5 Å². The van der Waals surface area contributed by atoms with E-state index in [1.807, 2.05) is 0 Å². The molecular formula is C17H39PRh+. The van der Waals surface area contributed by atoms with Crippen LogP contribution in [0.1, 0.15) is 69.2 Å². The minimum atomic E-state index is -0.394. The molecule has 0 aromatic rings. The van der Waals surface area contributed by atoms with Gasteiger partial charge < -0.3 is 14.9 Å². The Hall–Kier alpha value is 1.05. The molecule has 120 valence electrons. The van der Waals surface area contributed by atoms with Gasteiger partial charge in [0.1, 0.15) is 0 Å². The summed E-state index contributed by atoms with van der Waals surface area (Å²) in [6, 6.07) is 0. The molecular weight excluding hydrogens is 338 g/mol. The molecule has 0 rings (SSSR count). The molecule has 19 heavy (non-hydrogen) atoms. The number of hydrogen-bond donors (Lipinski definition) is 0. The Morgan fingerprint density at radius 3 is 1.16 bits per heavy atom. The van der Waals surface area contributed by atoms with Crippen LogP contribution in [0.4, 0.5) is 0 Å². The zero-order valence-electron chi connectivity index (χ0n) is 15.5. The molecule has 0 atom stereocenters. The minimum Gasteiger partial charge on any atom is -0.358 e. The second-order valence-corrected chi connectivity index (χ2v) is 12.5. The van der Waals surface area contributed by atoms with Crippen LogP contribution in [-0.2, 0) is 19.5 Å². The van der Waals surface area contributed by atoms with E-state index in [1.165, 1.54) is 6.16 Å². The molecule has 0 saturated heterocycles. The van der Waals surface area contributed by atoms with Gasteiger partial charge in [-0.1, -0.05) is 26.9 Å². The summed E-state index contributed by atoms with van der Waals surface area (Å²) in [7, 11) is -0.394. The molecule has 0 aromatic carbocycles. The largest absolute Gasteiger partial charge is 3.00 e. The predicted molar refractivity (Wildman–Crippen MR) is 93.9 cm³/mol. The summed E-state index contributed by atoms with van der Waals surface area (Å²) in [4.78, 5) is 0. The van der Waals surface area contributed by atoms with Crippen molar-refractivity contribution >= 4 is 7.92 Å². The van der Waals surface area contributed by atoms with Gasteiger partial charge in [-0.3, -0.25) is 5.92 Å². The fourth-order valence-electron chi connectivity index (χ4n) is 2.19. The fourth-order valence-corrected chi connectivity index (χ4v) is 6.56. The van der Waals surface area contributed by atoms with E-state index in [0.717, 1.165) is 0 Å². The van der Waals surface area contributed by atoms with Crippen LogP contribution >= 0.6 is 7.92 Å². The van der Waals surface area contributed by atoms with E-state index in [9.17, 15) is 0 Å². The third kappa shape index (κ3) is 10.4. The van der Waals surface area contributed by atoms with Crippen LogP contribution in [0.3, 0.4) is 0 Å². The summed E-state index contributed by atoms with van der Waals surface area (Å²) in [5.41, 5.74) is 0.367. The van der Waals surface area contributed by atoms with Crippen molar-refractivity contribution in [3.05, 3.63) is 20.8 Å². The average Bonchev–Trinajstić information content (AvgIpc) is 1.92. The standard InChI is InChI=1S/C15H32P.2CH3.Rh/c1-12(13(2,3)4)11-16(14(5,6)7)15(8,9)10;;;/h11H2,1-10H3;2*1H3;/q3*-1;+3/p+1. The molecule has 0 spiro atoms. The molecule has 0 heterocycles. The Labute approximate surface area is 139 Å². The van der Waals surface area contributed by atoms with E-state index in [1.54, 1.807) is 5.92 Å². The maximum absolute atomic E-state index is 2.42. The quantitative estimate of drug-likeness (QED) is 0.299. The van der Waals surface area contributed by atoms with Gasteiger partial charge in [0.15, 0.2) is 0 Å². The zero-order valence-corrected chi connectivity index (χ0v) is 18.2. The van der Waals surface area contributed by atoms with E-state index in [-0.39, 0.29) is 34.3 Å². The molecule has 0 bridgehead atoms. The van der Waals surface area contributed by atoms with Gasteiger partial charge >= 0.3 is 19.5 Å². The van der Waals surface area contributed by atoms with Crippen molar-refractivity contribution in [2.75, 3.05) is 6.16 Å². The smallest absolute Gasteiger partial charge is 0.358 e. The van der Waals surface area contributed by atoms with E-state index >= 15 is 0 Å². The predicted octanol–water partition coefficient (Wildman–Crippen LogP) is 6.34. The number of hydrogen-bond acceptors (Lipinski definition) is 0. The van der Waals surface area contributed by atoms with Gasteiger partial charge in [-0.05, 0) is 49.5 Å². The zero-order chi connectivity index (χ0) is 13.4. The van der Waals surface area contributed by atoms with Gasteiger partial charge in [-0.2, -0.15) is 12.3 Å². The summed E-state index contributed by atoms with van der Waals surface area (Å²) in [6.45, 7) is 23.9. The van der Waals surface area contributed by atoms with Crippen LogP contribution in [0.5, 0.6) is 0 Å². The molecule has 0 nitrogen and oxygen atoms in total. The Balaban J connectivity index is -0.000000375. The van der Waals surface area contributed by atoms with Crippen molar-refractivity contribution in [1.82, 2.24) is 0 Å². The molecule has 2 heteroatoms. The second kappa shape index (κ2) is 9.15. The van der Waals surface area contributed by atoms with Crippen molar-refractivity contribution in [2.24, 2.45) is 5.41 Å². The third-order valence-corrected chi connectivity index (χ3v) is 8.04. The van der Waals surface area contributed by atoms with Crippen molar-refractivity contribution in [3.63, 3.8) is 0 Å². The van der Waals surface area contributed by atoms with Gasteiger partial charge in [0.05, 0.1) is 10.3 Å². The van der Waals surface area contributed by atoms with E-state index < -0.39 is 7.92 Å². The average molecular weight is 377 g/mol. The maximum Gasteiger partial charge on any atom is 3.00 e. The van der Waals surface area contributed by atoms with Crippen LogP contribution in [0.25, 0.3) is 0 Å². The summed E-state index contributed by atoms with van der Waals surface area (Å²) >= 11 is 0. The van der Waals surface area contributed by atoms with Gasteiger partial charge in [-0.15, -0.1) is 0 Å². The Kier molecular flexibility index (Phi) is 13.6. The summed E-state index contributed by atoms with van der Waals surface area (Å²) in [6.07, 6.45) is 1.35. The summed E-state index contributed by atoms with van der Waals surface area (Å²) in [5.74, 6) is 1.67. The molecule has 0 N–H and O–H groups in total. The van der Waals surface area contributed by atoms with Gasteiger partial charge in [-0.25, -0.2) is 0 Å². The number of rotatable bonds is 2. The molecule has 0 unspecified atom stereocenters. The van der Waals surface area contributed by atoms with E-state index in [0.29, 0.717) is 15.7 Å². The fraction of sp³-hybridized carbons (Fsp3) is 0.824. The van der Waals surface area contributed by atoms with E-state index in [2.05, 4.69) is 69.2 Å². The maximum atomic E-state index is 2.42. The first-order valence-electron chi connectivity index (χ1n) is 6.46. The first-order chi connectivity index (χ1) is 6.76. The summed E-state index contributed by atoms with van der Waals surface area (Å²) in [5, 5.41) is 0.963. The van der Waals surface area contributed by atoms with Crippen LogP contribution in [-0.4, -0.2) is 16.5 Å². The molecule has 0 aliphatic heterocycles. The normalized spacial score (nSPS) is 12.6. The first-order valence-corrected chi connectivity index (χ1v) is 8.16. The SMILES string of the molecule is C[C-](C[PH+](C(C)(C)C)C(C)(C)C)C(C)(C)C.[CH3-].[CH3-].[Rh+3]. The minimum absolute atomic E-state index is 0. The molecule has 0 aromatic heterocycles. The van der Waals surface area contributed by atoms with Crippen LogP contribution in [0, 0.1) is 26.2 Å². The van der Waals surface area contributed by atoms with Crippen molar-refractivity contribution in [2.45, 2.75) is 79.5 Å². The van der Waals surface area contributed by atoms with Crippen molar-refractivity contribution in [3.8, 4) is 0 Å². The van der Waals surface area contributed by atoms with Gasteiger partial charge in [0.2, 0.25) is 0 Å². The molecule has 0 aliphatic rings. The van der Waals surface area contributed by atoms with Crippen molar-refractivity contribution in [1.29, 1.82) is 0 Å². The molecule has 0 amide bonds. The monoisotopic (exact) mass is 377 g/mol. The summed E-state index contributed by atoms with van der Waals surface area (Å²) < 4.78 is 0. The van der Waals surface area contributed by atoms with Gasteiger partial charge in [0, 0.05) is 0 Å². The van der Waals surface area contributed by atoms with E-state index in [4.69, 9.17) is 0 Å². The molecule has 0 fully saturated rings. The Morgan fingerprint density at radius 2 is 1.00 bits per heavy atom. The van der Waals surface area contributed by atoms with Gasteiger partial charge in [0.25, 0.3) is 0 Å². The Morgan fingerprint density at radius 1 is 0.737 bits per heavy atom. The topological polar surface area (TPSA) is 0 Å². The van der Waals surface area contributed by atoms with Crippen LogP contribution < -0.4 is 0 Å². The second-order valence-electron chi connectivity index (χ2n) is 8.19. The Bertz CT molecular complexity index is 201. The molecule has 0 saturated carbocycles. The molecule has 0 aliphatic carbocycles. The first kappa shape index (κ1) is 28.2. The molecule has 0 radical (unpaired) electrons. The third-order valence-electron chi connectivity index (χ3n) is 3.53.